The number of hydrogen-bond acceptors (Lipinski definition) is 2. The number of carbonyl (C=O) groups excluding carboxylic acids is 1. The van der Waals surface area contributed by atoms with Crippen LogP contribution in [0.3, 0.4) is 0 Å². The Bertz CT molecular complexity index is 224. The largest absolute Gasteiger partial charge is 0.368 e. The van der Waals surface area contributed by atoms with Gasteiger partial charge in [0, 0.05) is 0 Å². The SMILES string of the molecule is CCC(NCC1CCC1)(C(N)=O)C(C)C. The van der Waals surface area contributed by atoms with Gasteiger partial charge in [0.15, 0.2) is 0 Å². The zero-order valence-electron chi connectivity index (χ0n) is 10.2. The Balaban J connectivity index is 2.57. The smallest absolute Gasteiger partial charge is 0.237 e. The molecular formula is C12H24N2O. The highest BCUT2D eigenvalue weighted by atomic mass is 16.1. The van der Waals surface area contributed by atoms with E-state index in [1.165, 1.54) is 19.3 Å². The lowest BCUT2D eigenvalue weighted by Crippen LogP contribution is -2.59. The molecule has 0 aromatic rings. The maximum absolute atomic E-state index is 11.6. The minimum absolute atomic E-state index is 0.209. The normalized spacial score (nSPS) is 21.1. The van der Waals surface area contributed by atoms with Crippen molar-refractivity contribution in [2.75, 3.05) is 6.54 Å². The molecule has 0 aliphatic heterocycles. The first-order chi connectivity index (χ1) is 7.03. The number of carbonyl (C=O) groups is 1. The Kier molecular flexibility index (Phi) is 4.14. The summed E-state index contributed by atoms with van der Waals surface area (Å²) in [4.78, 5) is 11.6. The number of rotatable bonds is 6. The van der Waals surface area contributed by atoms with Crippen LogP contribution in [0.4, 0.5) is 0 Å². The molecule has 88 valence electrons. The first kappa shape index (κ1) is 12.5. The van der Waals surface area contributed by atoms with Crippen molar-refractivity contribution < 1.29 is 4.79 Å². The second-order valence-electron chi connectivity index (χ2n) is 5.02. The van der Waals surface area contributed by atoms with E-state index in [-0.39, 0.29) is 11.8 Å². The molecular weight excluding hydrogens is 188 g/mol. The number of primary amides is 1. The highest BCUT2D eigenvalue weighted by Crippen LogP contribution is 2.28. The second kappa shape index (κ2) is 4.97. The number of amides is 1. The second-order valence-corrected chi connectivity index (χ2v) is 5.02. The molecule has 0 spiro atoms. The van der Waals surface area contributed by atoms with Crippen molar-refractivity contribution in [1.82, 2.24) is 5.32 Å². The summed E-state index contributed by atoms with van der Waals surface area (Å²) in [7, 11) is 0. The summed E-state index contributed by atoms with van der Waals surface area (Å²) >= 11 is 0. The summed E-state index contributed by atoms with van der Waals surface area (Å²) in [6.45, 7) is 7.08. The standard InChI is InChI=1S/C12H24N2O/c1-4-12(9(2)3,11(13)15)14-8-10-6-5-7-10/h9-10,14H,4-8H2,1-3H3,(H2,13,15). The third-order valence-electron chi connectivity index (χ3n) is 3.91. The predicted molar refractivity (Wildman–Crippen MR) is 62.4 cm³/mol. The van der Waals surface area contributed by atoms with Crippen molar-refractivity contribution in [3.8, 4) is 0 Å². The van der Waals surface area contributed by atoms with Crippen LogP contribution in [-0.2, 0) is 4.79 Å². The van der Waals surface area contributed by atoms with Crippen LogP contribution in [0.1, 0.15) is 46.5 Å². The molecule has 0 heterocycles. The average molecular weight is 212 g/mol. The van der Waals surface area contributed by atoms with E-state index in [1.54, 1.807) is 0 Å². The maximum atomic E-state index is 11.6. The highest BCUT2D eigenvalue weighted by Gasteiger charge is 2.38. The number of hydrogen-bond donors (Lipinski definition) is 2. The first-order valence-corrected chi connectivity index (χ1v) is 6.08. The van der Waals surface area contributed by atoms with E-state index >= 15 is 0 Å². The Morgan fingerprint density at radius 3 is 2.40 bits per heavy atom. The van der Waals surface area contributed by atoms with Gasteiger partial charge in [0.1, 0.15) is 0 Å². The van der Waals surface area contributed by atoms with Gasteiger partial charge in [-0.3, -0.25) is 4.79 Å². The van der Waals surface area contributed by atoms with Gasteiger partial charge >= 0.3 is 0 Å². The van der Waals surface area contributed by atoms with Gasteiger partial charge in [-0.15, -0.1) is 0 Å². The van der Waals surface area contributed by atoms with Gasteiger partial charge in [-0.1, -0.05) is 27.2 Å². The fourth-order valence-electron chi connectivity index (χ4n) is 2.31. The molecule has 1 fully saturated rings. The molecule has 0 saturated heterocycles. The average Bonchev–Trinajstić information content (AvgIpc) is 2.08. The molecule has 1 rings (SSSR count). The van der Waals surface area contributed by atoms with Crippen LogP contribution in [0, 0.1) is 11.8 Å². The molecule has 1 aliphatic carbocycles. The fraction of sp³-hybridized carbons (Fsp3) is 0.917. The lowest BCUT2D eigenvalue weighted by molar-refractivity contribution is -0.126. The van der Waals surface area contributed by atoms with Crippen LogP contribution in [0.25, 0.3) is 0 Å². The third-order valence-corrected chi connectivity index (χ3v) is 3.91. The van der Waals surface area contributed by atoms with Crippen molar-refractivity contribution in [1.29, 1.82) is 0 Å². The summed E-state index contributed by atoms with van der Waals surface area (Å²) in [5.41, 5.74) is 5.02. The van der Waals surface area contributed by atoms with Gasteiger partial charge in [0.25, 0.3) is 0 Å². The van der Waals surface area contributed by atoms with Crippen LogP contribution in [0.2, 0.25) is 0 Å². The lowest BCUT2D eigenvalue weighted by atomic mass is 9.80. The van der Waals surface area contributed by atoms with Crippen LogP contribution >= 0.6 is 0 Å². The Morgan fingerprint density at radius 1 is 1.53 bits per heavy atom. The summed E-state index contributed by atoms with van der Waals surface area (Å²) < 4.78 is 0. The van der Waals surface area contributed by atoms with Gasteiger partial charge in [0.05, 0.1) is 5.54 Å². The van der Waals surface area contributed by atoms with Crippen LogP contribution in [-0.4, -0.2) is 18.0 Å². The number of nitrogens with one attached hydrogen (secondary N) is 1. The van der Waals surface area contributed by atoms with E-state index in [2.05, 4.69) is 19.2 Å². The van der Waals surface area contributed by atoms with Crippen molar-refractivity contribution in [3.05, 3.63) is 0 Å². The molecule has 0 aromatic heterocycles. The van der Waals surface area contributed by atoms with Gasteiger partial charge in [-0.2, -0.15) is 0 Å². The molecule has 1 unspecified atom stereocenters. The van der Waals surface area contributed by atoms with Crippen LogP contribution < -0.4 is 11.1 Å². The van der Waals surface area contributed by atoms with Gasteiger partial charge in [-0.05, 0) is 37.6 Å². The molecule has 0 aromatic carbocycles. The summed E-state index contributed by atoms with van der Waals surface area (Å²) in [5.74, 6) is 0.799. The molecule has 3 N–H and O–H groups in total. The van der Waals surface area contributed by atoms with E-state index in [4.69, 9.17) is 5.73 Å². The van der Waals surface area contributed by atoms with Crippen LogP contribution in [0.5, 0.6) is 0 Å². The van der Waals surface area contributed by atoms with Gasteiger partial charge in [-0.25, -0.2) is 0 Å². The van der Waals surface area contributed by atoms with Crippen molar-refractivity contribution in [2.45, 2.75) is 52.0 Å². The first-order valence-electron chi connectivity index (χ1n) is 6.08. The number of nitrogens with two attached hydrogens (primary N) is 1. The zero-order valence-corrected chi connectivity index (χ0v) is 10.2. The van der Waals surface area contributed by atoms with Crippen LogP contribution in [0.15, 0.2) is 0 Å². The summed E-state index contributed by atoms with van der Waals surface area (Å²) in [6.07, 6.45) is 4.70. The topological polar surface area (TPSA) is 55.1 Å². The molecule has 0 radical (unpaired) electrons. The molecule has 0 bridgehead atoms. The Labute approximate surface area is 92.8 Å². The van der Waals surface area contributed by atoms with Crippen molar-refractivity contribution in [3.63, 3.8) is 0 Å². The highest BCUT2D eigenvalue weighted by molar-refractivity contribution is 5.84. The van der Waals surface area contributed by atoms with Gasteiger partial charge in [0.2, 0.25) is 5.91 Å². The summed E-state index contributed by atoms with van der Waals surface area (Å²) in [5, 5.41) is 3.41. The van der Waals surface area contributed by atoms with Gasteiger partial charge < -0.3 is 11.1 Å². The van der Waals surface area contributed by atoms with E-state index in [0.29, 0.717) is 0 Å². The fourth-order valence-corrected chi connectivity index (χ4v) is 2.31. The van der Waals surface area contributed by atoms with E-state index in [0.717, 1.165) is 18.9 Å². The molecule has 3 nitrogen and oxygen atoms in total. The minimum Gasteiger partial charge on any atom is -0.368 e. The molecule has 3 heteroatoms. The molecule has 1 atom stereocenters. The van der Waals surface area contributed by atoms with E-state index in [9.17, 15) is 4.79 Å². The Hall–Kier alpha value is -0.570. The Morgan fingerprint density at radius 2 is 2.13 bits per heavy atom. The molecule has 1 saturated carbocycles. The molecule has 1 aliphatic rings. The van der Waals surface area contributed by atoms with Crippen molar-refractivity contribution >= 4 is 5.91 Å². The minimum atomic E-state index is -0.504. The van der Waals surface area contributed by atoms with E-state index in [1.807, 2.05) is 6.92 Å². The lowest BCUT2D eigenvalue weighted by Gasteiger charge is -2.37. The maximum Gasteiger partial charge on any atom is 0.237 e. The van der Waals surface area contributed by atoms with E-state index < -0.39 is 5.54 Å². The summed E-state index contributed by atoms with van der Waals surface area (Å²) in [6, 6.07) is 0. The monoisotopic (exact) mass is 212 g/mol. The quantitative estimate of drug-likeness (QED) is 0.703. The predicted octanol–water partition coefficient (Wildman–Crippen LogP) is 1.67. The van der Waals surface area contributed by atoms with Crippen molar-refractivity contribution in [2.24, 2.45) is 17.6 Å². The third kappa shape index (κ3) is 2.51. The zero-order chi connectivity index (χ0) is 11.5. The molecule has 1 amide bonds. The molecule has 15 heavy (non-hydrogen) atoms.